The Balaban J connectivity index is 1.89. The molecule has 2 rings (SSSR count). The molecule has 22 heavy (non-hydrogen) atoms. The maximum Gasteiger partial charge on any atom is 0.145 e. The number of nitriles is 2. The lowest BCUT2D eigenvalue weighted by molar-refractivity contribution is 0.0323. The molecule has 0 spiro atoms. The molecule has 0 unspecified atom stereocenters. The van der Waals surface area contributed by atoms with Crippen molar-refractivity contribution in [2.45, 2.75) is 0 Å². The van der Waals surface area contributed by atoms with Crippen LogP contribution >= 0.6 is 0 Å². The first-order valence-corrected chi connectivity index (χ1v) is 7.12. The maximum atomic E-state index is 8.73. The Morgan fingerprint density at radius 1 is 1.27 bits per heavy atom. The lowest BCUT2D eigenvalue weighted by Gasteiger charge is -2.26. The quantitative estimate of drug-likeness (QED) is 0.806. The highest BCUT2D eigenvalue weighted by Crippen LogP contribution is 2.23. The van der Waals surface area contributed by atoms with Gasteiger partial charge in [0.05, 0.1) is 18.9 Å². The molecule has 1 aromatic rings. The van der Waals surface area contributed by atoms with Crippen molar-refractivity contribution in [2.75, 3.05) is 44.8 Å². The van der Waals surface area contributed by atoms with Crippen LogP contribution in [0.25, 0.3) is 0 Å². The molecule has 1 aromatic carbocycles. The summed E-state index contributed by atoms with van der Waals surface area (Å²) in [5.41, 5.74) is 0.746. The molecule has 0 aromatic heterocycles. The highest BCUT2D eigenvalue weighted by Gasteiger charge is 2.10. The summed E-state index contributed by atoms with van der Waals surface area (Å²) in [6.45, 7) is 4.82. The van der Waals surface area contributed by atoms with Crippen molar-refractivity contribution in [3.8, 4) is 17.9 Å². The third kappa shape index (κ3) is 4.78. The van der Waals surface area contributed by atoms with E-state index in [0.29, 0.717) is 12.4 Å². The van der Waals surface area contributed by atoms with Crippen molar-refractivity contribution < 1.29 is 9.47 Å². The number of morpholine rings is 1. The van der Waals surface area contributed by atoms with Gasteiger partial charge in [0.25, 0.3) is 0 Å². The average Bonchev–Trinajstić information content (AvgIpc) is 2.58. The van der Waals surface area contributed by atoms with Crippen molar-refractivity contribution >= 4 is 5.69 Å². The van der Waals surface area contributed by atoms with Gasteiger partial charge in [0, 0.05) is 25.8 Å². The monoisotopic (exact) mass is 298 g/mol. The summed E-state index contributed by atoms with van der Waals surface area (Å²) in [7, 11) is 0. The number of hydrogen-bond donors (Lipinski definition) is 1. The van der Waals surface area contributed by atoms with Gasteiger partial charge >= 0.3 is 0 Å². The van der Waals surface area contributed by atoms with Crippen molar-refractivity contribution in [3.63, 3.8) is 0 Å². The van der Waals surface area contributed by atoms with Gasteiger partial charge in [0.1, 0.15) is 30.1 Å². The predicted molar refractivity (Wildman–Crippen MR) is 82.1 cm³/mol. The number of rotatable bonds is 6. The minimum Gasteiger partial charge on any atom is -0.490 e. The second kappa shape index (κ2) is 8.68. The molecular weight excluding hydrogens is 280 g/mol. The number of hydrogen-bond acceptors (Lipinski definition) is 6. The summed E-state index contributed by atoms with van der Waals surface area (Å²) in [5, 5.41) is 20.4. The zero-order valence-electron chi connectivity index (χ0n) is 12.3. The number of nitrogens with one attached hydrogen (secondary N) is 1. The van der Waals surface area contributed by atoms with Gasteiger partial charge in [-0.15, -0.1) is 0 Å². The number of para-hydroxylation sites is 2. The Morgan fingerprint density at radius 3 is 2.73 bits per heavy atom. The first-order chi connectivity index (χ1) is 10.8. The maximum absolute atomic E-state index is 8.73. The molecule has 0 bridgehead atoms. The minimum atomic E-state index is 0.0168. The van der Waals surface area contributed by atoms with Crippen molar-refractivity contribution in [2.24, 2.45) is 0 Å². The predicted octanol–water partition coefficient (Wildman–Crippen LogP) is 1.74. The molecule has 0 radical (unpaired) electrons. The normalized spacial score (nSPS) is 14.5. The van der Waals surface area contributed by atoms with Crippen LogP contribution in [0.2, 0.25) is 0 Å². The van der Waals surface area contributed by atoms with Crippen molar-refractivity contribution in [1.82, 2.24) is 4.90 Å². The van der Waals surface area contributed by atoms with Crippen LogP contribution in [0.5, 0.6) is 5.75 Å². The number of anilines is 1. The van der Waals surface area contributed by atoms with Crippen LogP contribution in [0.15, 0.2) is 36.0 Å². The number of benzene rings is 1. The molecule has 0 atom stereocenters. The fourth-order valence-electron chi connectivity index (χ4n) is 2.06. The van der Waals surface area contributed by atoms with E-state index in [9.17, 15) is 0 Å². The van der Waals surface area contributed by atoms with Crippen LogP contribution in [0.4, 0.5) is 5.69 Å². The van der Waals surface area contributed by atoms with Gasteiger partial charge in [-0.1, -0.05) is 12.1 Å². The molecule has 0 aliphatic carbocycles. The molecule has 1 fully saturated rings. The van der Waals surface area contributed by atoms with Crippen LogP contribution in [0.3, 0.4) is 0 Å². The fourth-order valence-corrected chi connectivity index (χ4v) is 2.06. The van der Waals surface area contributed by atoms with Crippen LogP contribution in [0, 0.1) is 22.7 Å². The summed E-state index contributed by atoms with van der Waals surface area (Å²) in [4.78, 5) is 2.29. The molecule has 0 saturated carbocycles. The summed E-state index contributed by atoms with van der Waals surface area (Å²) < 4.78 is 11.1. The second-order valence-corrected chi connectivity index (χ2v) is 4.72. The van der Waals surface area contributed by atoms with Gasteiger partial charge in [0.2, 0.25) is 0 Å². The molecular formula is C16H18N4O2. The van der Waals surface area contributed by atoms with Crippen LogP contribution < -0.4 is 10.1 Å². The second-order valence-electron chi connectivity index (χ2n) is 4.72. The summed E-state index contributed by atoms with van der Waals surface area (Å²) in [6.07, 6.45) is 1.38. The van der Waals surface area contributed by atoms with Crippen molar-refractivity contribution in [3.05, 3.63) is 36.0 Å². The highest BCUT2D eigenvalue weighted by molar-refractivity contribution is 5.59. The van der Waals surface area contributed by atoms with Crippen molar-refractivity contribution in [1.29, 1.82) is 10.5 Å². The largest absolute Gasteiger partial charge is 0.490 e. The lowest BCUT2D eigenvalue weighted by atomic mass is 10.3. The molecule has 1 aliphatic rings. The topological polar surface area (TPSA) is 81.3 Å². The number of allylic oxidation sites excluding steroid dienone is 1. The first kappa shape index (κ1) is 15.8. The third-order valence-corrected chi connectivity index (χ3v) is 3.27. The summed E-state index contributed by atoms with van der Waals surface area (Å²) >= 11 is 0. The minimum absolute atomic E-state index is 0.0168. The zero-order valence-corrected chi connectivity index (χ0v) is 12.3. The highest BCUT2D eigenvalue weighted by atomic mass is 16.5. The Bertz CT molecular complexity index is 579. The molecule has 1 N–H and O–H groups in total. The van der Waals surface area contributed by atoms with Crippen LogP contribution in [-0.4, -0.2) is 44.4 Å². The Labute approximate surface area is 130 Å². The van der Waals surface area contributed by atoms with E-state index in [1.165, 1.54) is 6.20 Å². The summed E-state index contributed by atoms with van der Waals surface area (Å²) in [5.74, 6) is 0.697. The Morgan fingerprint density at radius 2 is 2.00 bits per heavy atom. The molecule has 114 valence electrons. The standard InChI is InChI=1S/C16H18N4O2/c17-11-14(12-18)13-19-15-3-1-2-4-16(15)22-10-7-20-5-8-21-9-6-20/h1-4,13,19H,5-10H2. The number of nitrogens with zero attached hydrogens (tertiary/aromatic N) is 3. The summed E-state index contributed by atoms with van der Waals surface area (Å²) in [6, 6.07) is 11.1. The van der Waals surface area contributed by atoms with Gasteiger partial charge in [0.15, 0.2) is 0 Å². The fraction of sp³-hybridized carbons (Fsp3) is 0.375. The first-order valence-electron chi connectivity index (χ1n) is 7.12. The van der Waals surface area contributed by atoms with E-state index in [4.69, 9.17) is 20.0 Å². The van der Waals surface area contributed by atoms with E-state index in [-0.39, 0.29) is 5.57 Å². The van der Waals surface area contributed by atoms with E-state index in [1.807, 2.05) is 24.3 Å². The van der Waals surface area contributed by atoms with E-state index in [0.717, 1.165) is 38.5 Å². The molecule has 0 amide bonds. The molecule has 1 heterocycles. The van der Waals surface area contributed by atoms with Crippen LogP contribution in [0.1, 0.15) is 0 Å². The van der Waals surface area contributed by atoms with Gasteiger partial charge in [-0.2, -0.15) is 10.5 Å². The van der Waals surface area contributed by atoms with Gasteiger partial charge in [-0.3, -0.25) is 4.90 Å². The van der Waals surface area contributed by atoms with E-state index in [1.54, 1.807) is 12.1 Å². The SMILES string of the molecule is N#CC(C#N)=CNc1ccccc1OCCN1CCOCC1. The van der Waals surface area contributed by atoms with Gasteiger partial charge in [-0.25, -0.2) is 0 Å². The Hall–Kier alpha value is -2.54. The molecule has 6 heteroatoms. The molecule has 1 aliphatic heterocycles. The average molecular weight is 298 g/mol. The van der Waals surface area contributed by atoms with E-state index < -0.39 is 0 Å². The van der Waals surface area contributed by atoms with E-state index >= 15 is 0 Å². The number of ether oxygens (including phenoxy) is 2. The molecule has 1 saturated heterocycles. The smallest absolute Gasteiger partial charge is 0.145 e. The van der Waals surface area contributed by atoms with Gasteiger partial charge in [-0.05, 0) is 12.1 Å². The van der Waals surface area contributed by atoms with Gasteiger partial charge < -0.3 is 14.8 Å². The van der Waals surface area contributed by atoms with Crippen LogP contribution in [-0.2, 0) is 4.74 Å². The molecule has 6 nitrogen and oxygen atoms in total. The Kier molecular flexibility index (Phi) is 6.25. The van der Waals surface area contributed by atoms with E-state index in [2.05, 4.69) is 10.2 Å². The third-order valence-electron chi connectivity index (χ3n) is 3.27. The lowest BCUT2D eigenvalue weighted by Crippen LogP contribution is -2.38. The zero-order chi connectivity index (χ0) is 15.6.